The van der Waals surface area contributed by atoms with E-state index in [0.717, 1.165) is 51.4 Å². The highest BCUT2D eigenvalue weighted by Crippen LogP contribution is 2.43. The molecule has 2 saturated carbocycles. The second kappa shape index (κ2) is 10.7. The summed E-state index contributed by atoms with van der Waals surface area (Å²) in [5, 5.41) is 0. The Morgan fingerprint density at radius 1 is 0.778 bits per heavy atom. The molecule has 4 nitrogen and oxygen atoms in total. The Morgan fingerprint density at radius 3 is 1.52 bits per heavy atom. The van der Waals surface area contributed by atoms with Crippen LogP contribution < -0.4 is 0 Å². The van der Waals surface area contributed by atoms with Gasteiger partial charge in [0.15, 0.2) is 0 Å². The molecule has 2 fully saturated rings. The van der Waals surface area contributed by atoms with Gasteiger partial charge in [-0.1, -0.05) is 39.8 Å². The molecule has 0 aliphatic heterocycles. The molecule has 0 saturated heterocycles. The number of hydrogen-bond donors (Lipinski definition) is 0. The van der Waals surface area contributed by atoms with E-state index < -0.39 is 0 Å². The molecule has 6 atom stereocenters. The van der Waals surface area contributed by atoms with Crippen molar-refractivity contribution < 1.29 is 19.1 Å². The highest BCUT2D eigenvalue weighted by molar-refractivity contribution is 5.81. The van der Waals surface area contributed by atoms with E-state index in [2.05, 4.69) is 27.0 Å². The van der Waals surface area contributed by atoms with Crippen molar-refractivity contribution in [2.45, 2.75) is 83.8 Å². The van der Waals surface area contributed by atoms with E-state index >= 15 is 0 Å². The van der Waals surface area contributed by atoms with Gasteiger partial charge < -0.3 is 9.47 Å². The third kappa shape index (κ3) is 6.22. The summed E-state index contributed by atoms with van der Waals surface area (Å²) < 4.78 is 11.0. The number of rotatable bonds is 8. The summed E-state index contributed by atoms with van der Waals surface area (Å²) in [5.74, 6) is 2.06. The number of ether oxygens (including phenoxy) is 2. The molecule has 0 aromatic carbocycles. The smallest absolute Gasteiger partial charge is 0.330 e. The molecule has 0 amide bonds. The van der Waals surface area contributed by atoms with Crippen LogP contribution >= 0.6 is 0 Å². The van der Waals surface area contributed by atoms with Crippen molar-refractivity contribution in [3.05, 3.63) is 25.3 Å². The summed E-state index contributed by atoms with van der Waals surface area (Å²) >= 11 is 0. The van der Waals surface area contributed by atoms with Crippen molar-refractivity contribution in [3.63, 3.8) is 0 Å². The lowest BCUT2D eigenvalue weighted by atomic mass is 9.67. The number of esters is 2. The normalized spacial score (nSPS) is 33.7. The molecule has 0 heterocycles. The first-order valence-corrected chi connectivity index (χ1v) is 10.7. The van der Waals surface area contributed by atoms with Crippen LogP contribution in [-0.2, 0) is 19.1 Å². The fourth-order valence-electron chi connectivity index (χ4n) is 5.22. The first kappa shape index (κ1) is 21.7. The quantitative estimate of drug-likeness (QED) is 0.430. The molecule has 152 valence electrons. The summed E-state index contributed by atoms with van der Waals surface area (Å²) in [5.41, 5.74) is 0. The fourth-order valence-corrected chi connectivity index (χ4v) is 5.22. The van der Waals surface area contributed by atoms with Crippen molar-refractivity contribution in [2.75, 3.05) is 0 Å². The van der Waals surface area contributed by atoms with E-state index in [4.69, 9.17) is 9.47 Å². The SMILES string of the molecule is C=CC(=O)OC1CCC(CC2CCC(OC(=O)C=C)CC2CC)C(CC)C1. The number of carbonyl (C=O) groups is 2. The Hall–Kier alpha value is -1.58. The first-order chi connectivity index (χ1) is 13.0. The Balaban J connectivity index is 1.89. The Labute approximate surface area is 164 Å². The van der Waals surface area contributed by atoms with Crippen LogP contribution in [0.1, 0.15) is 71.6 Å². The van der Waals surface area contributed by atoms with Gasteiger partial charge in [0.25, 0.3) is 0 Å². The standard InChI is InChI=1S/C23H36O4/c1-5-16-14-20(26-22(24)7-3)11-9-18(16)13-19-10-12-21(15-17(19)6-2)27-23(25)8-4/h7-8,16-21H,3-6,9-15H2,1-2H3. The van der Waals surface area contributed by atoms with Gasteiger partial charge in [-0.05, 0) is 68.6 Å². The number of hydrogen-bond acceptors (Lipinski definition) is 4. The zero-order chi connectivity index (χ0) is 19.8. The van der Waals surface area contributed by atoms with E-state index in [-0.39, 0.29) is 24.1 Å². The van der Waals surface area contributed by atoms with Gasteiger partial charge in [-0.2, -0.15) is 0 Å². The second-order valence-corrected chi connectivity index (χ2v) is 8.24. The van der Waals surface area contributed by atoms with Crippen LogP contribution in [0.15, 0.2) is 25.3 Å². The second-order valence-electron chi connectivity index (χ2n) is 8.24. The average molecular weight is 377 g/mol. The zero-order valence-corrected chi connectivity index (χ0v) is 17.0. The maximum atomic E-state index is 11.5. The Bertz CT molecular complexity index is 480. The minimum Gasteiger partial charge on any atom is -0.459 e. The predicted octanol–water partition coefficient (Wildman–Crippen LogP) is 5.22. The lowest BCUT2D eigenvalue weighted by Crippen LogP contribution is -2.35. The molecule has 0 aromatic heterocycles. The molecule has 2 aliphatic rings. The van der Waals surface area contributed by atoms with Gasteiger partial charge >= 0.3 is 11.9 Å². The van der Waals surface area contributed by atoms with Crippen molar-refractivity contribution in [1.29, 1.82) is 0 Å². The number of carbonyl (C=O) groups excluding carboxylic acids is 2. The fraction of sp³-hybridized carbons (Fsp3) is 0.739. The van der Waals surface area contributed by atoms with E-state index in [1.54, 1.807) is 0 Å². The molecule has 0 spiro atoms. The summed E-state index contributed by atoms with van der Waals surface area (Å²) in [7, 11) is 0. The molecule has 2 aliphatic carbocycles. The average Bonchev–Trinajstić information content (AvgIpc) is 2.69. The minimum absolute atomic E-state index is 0.0488. The zero-order valence-electron chi connectivity index (χ0n) is 17.0. The van der Waals surface area contributed by atoms with Crippen LogP contribution in [0.25, 0.3) is 0 Å². The molecule has 2 rings (SSSR count). The van der Waals surface area contributed by atoms with Crippen LogP contribution in [0.3, 0.4) is 0 Å². The maximum Gasteiger partial charge on any atom is 0.330 e. The Kier molecular flexibility index (Phi) is 8.59. The topological polar surface area (TPSA) is 52.6 Å². The molecule has 0 N–H and O–H groups in total. The maximum absolute atomic E-state index is 11.5. The van der Waals surface area contributed by atoms with Gasteiger partial charge in [0.05, 0.1) is 0 Å². The lowest BCUT2D eigenvalue weighted by Gasteiger charge is -2.41. The molecular formula is C23H36O4. The van der Waals surface area contributed by atoms with E-state index in [1.807, 2.05) is 0 Å². The van der Waals surface area contributed by atoms with Crippen molar-refractivity contribution in [2.24, 2.45) is 23.7 Å². The molecule has 0 radical (unpaired) electrons. The summed E-state index contributed by atoms with van der Waals surface area (Å²) in [6, 6.07) is 0. The molecule has 4 heteroatoms. The van der Waals surface area contributed by atoms with Crippen LogP contribution in [0.2, 0.25) is 0 Å². The van der Waals surface area contributed by atoms with Gasteiger partial charge in [-0.15, -0.1) is 0 Å². The summed E-state index contributed by atoms with van der Waals surface area (Å²) in [6.07, 6.45) is 12.3. The Morgan fingerprint density at radius 2 is 1.19 bits per heavy atom. The minimum atomic E-state index is -0.299. The van der Waals surface area contributed by atoms with Crippen LogP contribution in [0.4, 0.5) is 0 Å². The largest absolute Gasteiger partial charge is 0.459 e. The monoisotopic (exact) mass is 376 g/mol. The van der Waals surface area contributed by atoms with Gasteiger partial charge in [-0.25, -0.2) is 9.59 Å². The highest BCUT2D eigenvalue weighted by atomic mass is 16.5. The van der Waals surface area contributed by atoms with Gasteiger partial charge in [-0.3, -0.25) is 0 Å². The molecule has 27 heavy (non-hydrogen) atoms. The third-order valence-corrected chi connectivity index (χ3v) is 6.74. The van der Waals surface area contributed by atoms with Crippen molar-refractivity contribution >= 4 is 11.9 Å². The summed E-state index contributed by atoms with van der Waals surface area (Å²) in [4.78, 5) is 23.0. The summed E-state index contributed by atoms with van der Waals surface area (Å²) in [6.45, 7) is 11.5. The van der Waals surface area contributed by atoms with E-state index in [0.29, 0.717) is 23.7 Å². The van der Waals surface area contributed by atoms with Gasteiger partial charge in [0.2, 0.25) is 0 Å². The van der Waals surface area contributed by atoms with E-state index in [1.165, 1.54) is 18.6 Å². The van der Waals surface area contributed by atoms with Gasteiger partial charge in [0.1, 0.15) is 12.2 Å². The highest BCUT2D eigenvalue weighted by Gasteiger charge is 2.37. The molecule has 0 aromatic rings. The van der Waals surface area contributed by atoms with Gasteiger partial charge in [0, 0.05) is 12.2 Å². The van der Waals surface area contributed by atoms with Crippen LogP contribution in [0.5, 0.6) is 0 Å². The van der Waals surface area contributed by atoms with Crippen LogP contribution in [-0.4, -0.2) is 24.1 Å². The molecule has 6 unspecified atom stereocenters. The van der Waals surface area contributed by atoms with Crippen LogP contribution in [0, 0.1) is 23.7 Å². The van der Waals surface area contributed by atoms with Crippen molar-refractivity contribution in [3.8, 4) is 0 Å². The first-order valence-electron chi connectivity index (χ1n) is 10.7. The third-order valence-electron chi connectivity index (χ3n) is 6.74. The van der Waals surface area contributed by atoms with Crippen molar-refractivity contribution in [1.82, 2.24) is 0 Å². The predicted molar refractivity (Wildman–Crippen MR) is 107 cm³/mol. The molecule has 0 bridgehead atoms. The van der Waals surface area contributed by atoms with E-state index in [9.17, 15) is 9.59 Å². The molecular weight excluding hydrogens is 340 g/mol. The lowest BCUT2D eigenvalue weighted by molar-refractivity contribution is -0.146.